The SMILES string of the molecule is Cc1ccc(F)cc1NC(C)CC1COCCN1. The minimum absolute atomic E-state index is 0.200. The van der Waals surface area contributed by atoms with Crippen LogP contribution in [-0.4, -0.2) is 31.8 Å². The van der Waals surface area contributed by atoms with Crippen LogP contribution in [0.1, 0.15) is 18.9 Å². The van der Waals surface area contributed by atoms with Crippen molar-refractivity contribution in [3.63, 3.8) is 0 Å². The van der Waals surface area contributed by atoms with Crippen molar-refractivity contribution >= 4 is 5.69 Å². The molecule has 3 nitrogen and oxygen atoms in total. The number of ether oxygens (including phenoxy) is 1. The second-order valence-corrected chi connectivity index (χ2v) is 4.97. The first-order chi connectivity index (χ1) is 8.65. The zero-order valence-corrected chi connectivity index (χ0v) is 11.0. The Morgan fingerprint density at radius 2 is 2.39 bits per heavy atom. The van der Waals surface area contributed by atoms with Crippen molar-refractivity contribution in [2.24, 2.45) is 0 Å². The summed E-state index contributed by atoms with van der Waals surface area (Å²) in [6, 6.07) is 5.50. The molecule has 2 unspecified atom stereocenters. The van der Waals surface area contributed by atoms with Gasteiger partial charge in [-0.2, -0.15) is 0 Å². The summed E-state index contributed by atoms with van der Waals surface area (Å²) in [6.07, 6.45) is 0.968. The van der Waals surface area contributed by atoms with Crippen molar-refractivity contribution in [3.05, 3.63) is 29.6 Å². The molecule has 0 saturated carbocycles. The molecule has 1 aromatic carbocycles. The smallest absolute Gasteiger partial charge is 0.125 e. The first-order valence-electron chi connectivity index (χ1n) is 6.49. The summed E-state index contributed by atoms with van der Waals surface area (Å²) in [5, 5.41) is 6.79. The molecule has 0 radical (unpaired) electrons. The van der Waals surface area contributed by atoms with Gasteiger partial charge >= 0.3 is 0 Å². The zero-order chi connectivity index (χ0) is 13.0. The molecule has 1 heterocycles. The van der Waals surface area contributed by atoms with Crippen molar-refractivity contribution in [1.82, 2.24) is 5.32 Å². The lowest BCUT2D eigenvalue weighted by molar-refractivity contribution is 0.0731. The average molecular weight is 252 g/mol. The number of aryl methyl sites for hydroxylation is 1. The maximum Gasteiger partial charge on any atom is 0.125 e. The Kier molecular flexibility index (Phi) is 4.55. The van der Waals surface area contributed by atoms with Crippen molar-refractivity contribution in [3.8, 4) is 0 Å². The van der Waals surface area contributed by atoms with E-state index in [0.29, 0.717) is 6.04 Å². The van der Waals surface area contributed by atoms with Gasteiger partial charge in [0.05, 0.1) is 13.2 Å². The highest BCUT2D eigenvalue weighted by atomic mass is 19.1. The van der Waals surface area contributed by atoms with Gasteiger partial charge in [0.2, 0.25) is 0 Å². The molecule has 2 rings (SSSR count). The van der Waals surface area contributed by atoms with Gasteiger partial charge in [-0.05, 0) is 38.0 Å². The van der Waals surface area contributed by atoms with Crippen LogP contribution in [0.5, 0.6) is 0 Å². The Labute approximate surface area is 108 Å². The van der Waals surface area contributed by atoms with Crippen LogP contribution in [0.25, 0.3) is 0 Å². The van der Waals surface area contributed by atoms with Gasteiger partial charge in [-0.15, -0.1) is 0 Å². The van der Waals surface area contributed by atoms with Crippen LogP contribution >= 0.6 is 0 Å². The second-order valence-electron chi connectivity index (χ2n) is 4.97. The normalized spacial score (nSPS) is 21.6. The van der Waals surface area contributed by atoms with Gasteiger partial charge < -0.3 is 15.4 Å². The number of anilines is 1. The number of morpholine rings is 1. The fourth-order valence-electron chi connectivity index (χ4n) is 2.27. The molecular formula is C14H21FN2O. The van der Waals surface area contributed by atoms with Crippen molar-refractivity contribution in [2.45, 2.75) is 32.4 Å². The Balaban J connectivity index is 1.89. The van der Waals surface area contributed by atoms with Crippen LogP contribution < -0.4 is 10.6 Å². The van der Waals surface area contributed by atoms with E-state index in [1.54, 1.807) is 12.1 Å². The number of halogens is 1. The molecule has 18 heavy (non-hydrogen) atoms. The molecule has 1 aromatic rings. The molecular weight excluding hydrogens is 231 g/mol. The van der Waals surface area contributed by atoms with Gasteiger partial charge in [-0.25, -0.2) is 4.39 Å². The molecule has 4 heteroatoms. The highest BCUT2D eigenvalue weighted by Gasteiger charge is 2.16. The van der Waals surface area contributed by atoms with Crippen LogP contribution in [-0.2, 0) is 4.74 Å². The van der Waals surface area contributed by atoms with E-state index in [1.807, 2.05) is 6.92 Å². The molecule has 100 valence electrons. The molecule has 1 saturated heterocycles. The zero-order valence-electron chi connectivity index (χ0n) is 11.0. The first kappa shape index (κ1) is 13.3. The average Bonchev–Trinajstić information content (AvgIpc) is 2.35. The summed E-state index contributed by atoms with van der Waals surface area (Å²) in [6.45, 7) is 6.56. The summed E-state index contributed by atoms with van der Waals surface area (Å²) >= 11 is 0. The maximum atomic E-state index is 13.2. The summed E-state index contributed by atoms with van der Waals surface area (Å²) in [4.78, 5) is 0. The van der Waals surface area contributed by atoms with Gasteiger partial charge in [0.25, 0.3) is 0 Å². The number of nitrogens with one attached hydrogen (secondary N) is 2. The second kappa shape index (κ2) is 6.16. The highest BCUT2D eigenvalue weighted by molar-refractivity contribution is 5.51. The molecule has 0 bridgehead atoms. The highest BCUT2D eigenvalue weighted by Crippen LogP contribution is 2.18. The van der Waals surface area contributed by atoms with Crippen molar-refractivity contribution in [2.75, 3.05) is 25.1 Å². The third kappa shape index (κ3) is 3.68. The van der Waals surface area contributed by atoms with Crippen LogP contribution in [0.15, 0.2) is 18.2 Å². The molecule has 0 aromatic heterocycles. The summed E-state index contributed by atoms with van der Waals surface area (Å²) < 4.78 is 18.6. The maximum absolute atomic E-state index is 13.2. The monoisotopic (exact) mass is 252 g/mol. The summed E-state index contributed by atoms with van der Waals surface area (Å²) in [7, 11) is 0. The van der Waals surface area contributed by atoms with E-state index >= 15 is 0 Å². The lowest BCUT2D eigenvalue weighted by Gasteiger charge is -2.27. The number of hydrogen-bond donors (Lipinski definition) is 2. The predicted octanol–water partition coefficient (Wildman–Crippen LogP) is 2.31. The van der Waals surface area contributed by atoms with E-state index in [-0.39, 0.29) is 11.9 Å². The molecule has 0 amide bonds. The third-order valence-electron chi connectivity index (χ3n) is 3.24. The third-order valence-corrected chi connectivity index (χ3v) is 3.24. The number of benzene rings is 1. The van der Waals surface area contributed by atoms with Gasteiger partial charge in [-0.3, -0.25) is 0 Å². The lowest BCUT2D eigenvalue weighted by Crippen LogP contribution is -2.43. The van der Waals surface area contributed by atoms with Crippen LogP contribution in [0.3, 0.4) is 0 Å². The topological polar surface area (TPSA) is 33.3 Å². The van der Waals surface area contributed by atoms with Crippen LogP contribution in [0.4, 0.5) is 10.1 Å². The van der Waals surface area contributed by atoms with E-state index in [1.165, 1.54) is 6.07 Å². The minimum Gasteiger partial charge on any atom is -0.382 e. The van der Waals surface area contributed by atoms with Gasteiger partial charge in [0, 0.05) is 24.3 Å². The van der Waals surface area contributed by atoms with Crippen molar-refractivity contribution in [1.29, 1.82) is 0 Å². The first-order valence-corrected chi connectivity index (χ1v) is 6.49. The van der Waals surface area contributed by atoms with Crippen molar-refractivity contribution < 1.29 is 9.13 Å². The van der Waals surface area contributed by atoms with Gasteiger partial charge in [0.1, 0.15) is 5.82 Å². The predicted molar refractivity (Wildman–Crippen MR) is 71.4 cm³/mol. The largest absolute Gasteiger partial charge is 0.382 e. The molecule has 0 aliphatic carbocycles. The fraction of sp³-hybridized carbons (Fsp3) is 0.571. The van der Waals surface area contributed by atoms with E-state index in [9.17, 15) is 4.39 Å². The van der Waals surface area contributed by atoms with Crippen LogP contribution in [0, 0.1) is 12.7 Å². The van der Waals surface area contributed by atoms with E-state index < -0.39 is 0 Å². The molecule has 1 fully saturated rings. The van der Waals surface area contributed by atoms with E-state index in [0.717, 1.165) is 37.4 Å². The van der Waals surface area contributed by atoms with E-state index in [2.05, 4.69) is 17.6 Å². The quantitative estimate of drug-likeness (QED) is 0.862. The molecule has 0 spiro atoms. The Morgan fingerprint density at radius 1 is 1.56 bits per heavy atom. The fourth-order valence-corrected chi connectivity index (χ4v) is 2.27. The number of rotatable bonds is 4. The number of hydrogen-bond acceptors (Lipinski definition) is 3. The summed E-state index contributed by atoms with van der Waals surface area (Å²) in [5.41, 5.74) is 1.94. The molecule has 2 N–H and O–H groups in total. The summed E-state index contributed by atoms with van der Waals surface area (Å²) in [5.74, 6) is -0.200. The molecule has 1 aliphatic heterocycles. The standard InChI is InChI=1S/C14H21FN2O/c1-10-3-4-12(15)8-14(10)17-11(2)7-13-9-18-6-5-16-13/h3-4,8,11,13,16-17H,5-7,9H2,1-2H3. The lowest BCUT2D eigenvalue weighted by atomic mass is 10.1. The minimum atomic E-state index is -0.200. The Hall–Kier alpha value is -1.13. The van der Waals surface area contributed by atoms with Gasteiger partial charge in [0.15, 0.2) is 0 Å². The van der Waals surface area contributed by atoms with Gasteiger partial charge in [-0.1, -0.05) is 6.07 Å². The Bertz CT molecular complexity index is 391. The molecule has 1 aliphatic rings. The molecule has 2 atom stereocenters. The van der Waals surface area contributed by atoms with Crippen LogP contribution in [0.2, 0.25) is 0 Å². The Morgan fingerprint density at radius 3 is 3.11 bits per heavy atom. The van der Waals surface area contributed by atoms with E-state index in [4.69, 9.17) is 4.74 Å².